The average molecular weight is 692 g/mol. The molecule has 0 aliphatic carbocycles. The minimum atomic E-state index is -1.00. The van der Waals surface area contributed by atoms with E-state index in [2.05, 4.69) is 4.90 Å². The zero-order valence-electron chi connectivity index (χ0n) is 27.5. The normalized spacial score (nSPS) is 12.7. The Labute approximate surface area is 287 Å². The van der Waals surface area contributed by atoms with Crippen LogP contribution < -0.4 is 18.9 Å². The van der Waals surface area contributed by atoms with Crippen LogP contribution in [0.5, 0.6) is 23.0 Å². The van der Waals surface area contributed by atoms with Crippen LogP contribution in [0.2, 0.25) is 0 Å². The number of thiophene rings is 1. The smallest absolute Gasteiger partial charge is 0.492 e. The van der Waals surface area contributed by atoms with Crippen molar-refractivity contribution in [2.24, 2.45) is 0 Å². The lowest BCUT2D eigenvalue weighted by Gasteiger charge is -2.15. The minimum Gasteiger partial charge on any atom is -0.492 e. The third-order valence-corrected chi connectivity index (χ3v) is 8.63. The van der Waals surface area contributed by atoms with Crippen molar-refractivity contribution in [1.29, 1.82) is 0 Å². The van der Waals surface area contributed by atoms with Gasteiger partial charge in [0.2, 0.25) is 0 Å². The van der Waals surface area contributed by atoms with E-state index in [1.165, 1.54) is 30.2 Å². The summed E-state index contributed by atoms with van der Waals surface area (Å²) in [5.41, 5.74) is 1.21. The molecule has 1 aromatic heterocycles. The maximum Gasteiger partial charge on any atom is 0.513 e. The predicted octanol–water partition coefficient (Wildman–Crippen LogP) is 7.88. The predicted molar refractivity (Wildman–Crippen MR) is 181 cm³/mol. The van der Waals surface area contributed by atoms with Gasteiger partial charge in [0.05, 0.1) is 25.4 Å². The van der Waals surface area contributed by atoms with Gasteiger partial charge in [0.15, 0.2) is 5.78 Å². The van der Waals surface area contributed by atoms with Crippen LogP contribution in [-0.2, 0) is 14.2 Å². The summed E-state index contributed by atoms with van der Waals surface area (Å²) in [5, 5.41) is 0.312. The zero-order chi connectivity index (χ0) is 34.8. The molecule has 12 nitrogen and oxygen atoms in total. The molecule has 49 heavy (non-hydrogen) atoms. The van der Waals surface area contributed by atoms with E-state index >= 15 is 0 Å². The maximum atomic E-state index is 14.4. The second-order valence-corrected chi connectivity index (χ2v) is 11.8. The number of ketones is 1. The van der Waals surface area contributed by atoms with Gasteiger partial charge in [0.25, 0.3) is 0 Å². The van der Waals surface area contributed by atoms with Crippen molar-refractivity contribution in [2.75, 3.05) is 46.1 Å². The Bertz CT molecular complexity index is 1780. The maximum absolute atomic E-state index is 14.4. The summed E-state index contributed by atoms with van der Waals surface area (Å²) in [5.74, 6) is 0.503. The van der Waals surface area contributed by atoms with Gasteiger partial charge in [0.1, 0.15) is 29.6 Å². The molecule has 258 valence electrons. The van der Waals surface area contributed by atoms with Crippen LogP contribution in [0, 0.1) is 0 Å². The summed E-state index contributed by atoms with van der Waals surface area (Å²) in [6.07, 6.45) is -0.385. The molecule has 0 amide bonds. The first-order chi connectivity index (χ1) is 23.8. The first kappa shape index (κ1) is 35.2. The molecule has 2 heterocycles. The number of rotatable bonds is 13. The van der Waals surface area contributed by atoms with Crippen LogP contribution in [0.15, 0.2) is 60.7 Å². The molecule has 0 bridgehead atoms. The molecule has 1 aliphatic heterocycles. The first-order valence-corrected chi connectivity index (χ1v) is 16.9. The number of likely N-dealkylation sites (tertiary alicyclic amines) is 1. The van der Waals surface area contributed by atoms with Crippen LogP contribution >= 0.6 is 11.3 Å². The van der Waals surface area contributed by atoms with Gasteiger partial charge in [-0.1, -0.05) is 0 Å². The SMILES string of the molecule is CCOC(=O)Oc1ccc(-c2sc3cc(OC(=O)OCC)cc(OC(=O)OCC)c3c2C(=O)c2ccc(OCCN3CCCC3)cc2)cc1. The van der Waals surface area contributed by atoms with Gasteiger partial charge in [-0.05, 0) is 107 Å². The van der Waals surface area contributed by atoms with E-state index in [1.54, 1.807) is 75.4 Å². The number of fused-ring (bicyclic) bond motifs is 1. The summed E-state index contributed by atoms with van der Waals surface area (Å²) in [6.45, 7) is 8.76. The molecular weight excluding hydrogens is 654 g/mol. The summed E-state index contributed by atoms with van der Waals surface area (Å²) in [6, 6.07) is 16.3. The summed E-state index contributed by atoms with van der Waals surface area (Å²) >= 11 is 1.22. The first-order valence-electron chi connectivity index (χ1n) is 16.0. The minimum absolute atomic E-state index is 0.0330. The number of carbonyl (C=O) groups excluding carboxylic acids is 4. The molecule has 0 atom stereocenters. The number of benzene rings is 3. The van der Waals surface area contributed by atoms with E-state index in [9.17, 15) is 19.2 Å². The lowest BCUT2D eigenvalue weighted by molar-refractivity contribution is 0.101. The van der Waals surface area contributed by atoms with Gasteiger partial charge in [-0.15, -0.1) is 11.3 Å². The topological polar surface area (TPSA) is 136 Å². The standard InChI is InChI=1S/C36H37NO11S/c1-4-42-34(39)46-26-15-11-24(12-16-26)33-31(32(38)23-9-13-25(14-10-23)45-20-19-37-17-7-8-18-37)30-28(48-36(41)44-6-3)21-27(22-29(30)49-33)47-35(40)43-5-2/h9-16,21-22H,4-8,17-20H2,1-3H3. The van der Waals surface area contributed by atoms with Crippen LogP contribution in [0.3, 0.4) is 0 Å². The highest BCUT2D eigenvalue weighted by Crippen LogP contribution is 2.46. The summed E-state index contributed by atoms with van der Waals surface area (Å²) in [4.78, 5) is 53.9. The second-order valence-electron chi connectivity index (χ2n) is 10.7. The van der Waals surface area contributed by atoms with Gasteiger partial charge < -0.3 is 33.2 Å². The van der Waals surface area contributed by atoms with Crippen LogP contribution in [0.1, 0.15) is 49.5 Å². The molecule has 0 N–H and O–H groups in total. The summed E-state index contributed by atoms with van der Waals surface area (Å²) < 4.78 is 37.4. The average Bonchev–Trinajstić information content (AvgIpc) is 3.74. The Hall–Kier alpha value is -5.14. The molecule has 0 radical (unpaired) electrons. The number of hydrogen-bond acceptors (Lipinski definition) is 13. The number of hydrogen-bond donors (Lipinski definition) is 0. The highest BCUT2D eigenvalue weighted by molar-refractivity contribution is 7.23. The van der Waals surface area contributed by atoms with Crippen molar-refractivity contribution in [2.45, 2.75) is 33.6 Å². The lowest BCUT2D eigenvalue weighted by atomic mass is 9.97. The molecule has 0 unspecified atom stereocenters. The van der Waals surface area contributed by atoms with E-state index in [1.807, 2.05) is 0 Å². The molecule has 0 saturated carbocycles. The Morgan fingerprint density at radius 2 is 1.27 bits per heavy atom. The van der Waals surface area contributed by atoms with E-state index in [0.29, 0.717) is 38.4 Å². The Kier molecular flexibility index (Phi) is 12.1. The van der Waals surface area contributed by atoms with Crippen molar-refractivity contribution >= 4 is 45.7 Å². The van der Waals surface area contributed by atoms with Gasteiger partial charge >= 0.3 is 18.5 Å². The third-order valence-electron chi connectivity index (χ3n) is 7.45. The molecule has 4 aromatic rings. The van der Waals surface area contributed by atoms with Crippen molar-refractivity contribution in [1.82, 2.24) is 4.90 Å². The molecule has 13 heteroatoms. The van der Waals surface area contributed by atoms with E-state index < -0.39 is 18.5 Å². The molecule has 3 aromatic carbocycles. The fraction of sp³-hybridized carbons (Fsp3) is 0.333. The Balaban J connectivity index is 1.55. The van der Waals surface area contributed by atoms with Crippen molar-refractivity contribution in [3.63, 3.8) is 0 Å². The second kappa shape index (κ2) is 16.8. The van der Waals surface area contributed by atoms with Crippen LogP contribution in [0.25, 0.3) is 20.5 Å². The molecule has 1 aliphatic rings. The highest BCUT2D eigenvalue weighted by atomic mass is 32.1. The van der Waals surface area contributed by atoms with Gasteiger partial charge in [-0.25, -0.2) is 14.4 Å². The van der Waals surface area contributed by atoms with Gasteiger partial charge in [-0.2, -0.15) is 0 Å². The highest BCUT2D eigenvalue weighted by Gasteiger charge is 2.27. The number of ether oxygens (including phenoxy) is 7. The third kappa shape index (κ3) is 9.06. The van der Waals surface area contributed by atoms with Gasteiger partial charge in [-0.3, -0.25) is 9.69 Å². The molecule has 1 fully saturated rings. The summed E-state index contributed by atoms with van der Waals surface area (Å²) in [7, 11) is 0. The lowest BCUT2D eigenvalue weighted by Crippen LogP contribution is -2.25. The van der Waals surface area contributed by atoms with Crippen LogP contribution in [-0.4, -0.2) is 75.2 Å². The molecular formula is C36H37NO11S. The number of carbonyl (C=O) groups is 4. The van der Waals surface area contributed by atoms with E-state index in [4.69, 9.17) is 33.2 Å². The quantitative estimate of drug-likeness (QED) is 0.0584. The van der Waals surface area contributed by atoms with Crippen molar-refractivity contribution in [3.8, 4) is 33.4 Å². The van der Waals surface area contributed by atoms with Crippen molar-refractivity contribution < 1.29 is 52.3 Å². The molecule has 1 saturated heterocycles. The fourth-order valence-electron chi connectivity index (χ4n) is 5.27. The molecule has 0 spiro atoms. The Morgan fingerprint density at radius 1 is 0.694 bits per heavy atom. The van der Waals surface area contributed by atoms with Crippen LogP contribution in [0.4, 0.5) is 14.4 Å². The number of nitrogens with zero attached hydrogens (tertiary/aromatic N) is 1. The van der Waals surface area contributed by atoms with Gasteiger partial charge in [0, 0.05) is 33.1 Å². The fourth-order valence-corrected chi connectivity index (χ4v) is 6.52. The van der Waals surface area contributed by atoms with Crippen molar-refractivity contribution in [3.05, 3.63) is 71.8 Å². The zero-order valence-corrected chi connectivity index (χ0v) is 28.3. The largest absolute Gasteiger partial charge is 0.513 e. The van der Waals surface area contributed by atoms with E-state index in [-0.39, 0.29) is 48.4 Å². The van der Waals surface area contributed by atoms with E-state index in [0.717, 1.165) is 19.6 Å². The molecule has 5 rings (SSSR count). The Morgan fingerprint density at radius 3 is 1.88 bits per heavy atom. The monoisotopic (exact) mass is 691 g/mol.